The molecular weight excluding hydrogens is 552 g/mol. The third-order valence-electron chi connectivity index (χ3n) is 8.00. The Bertz CT molecular complexity index is 1670. The summed E-state index contributed by atoms with van der Waals surface area (Å²) in [5, 5.41) is 6.08. The van der Waals surface area contributed by atoms with Crippen LogP contribution in [0.1, 0.15) is 29.7 Å². The SMILES string of the molecule is CCN1C(=O)N[C@H](c2cccc(Oc3ccccc3)c2)C2=C1CN([C@@H](Cc1ccccc1)C(=O)NCc1ccccc1)C2=O. The van der Waals surface area contributed by atoms with E-state index < -0.39 is 12.1 Å². The molecule has 0 aromatic heterocycles. The van der Waals surface area contributed by atoms with E-state index in [4.69, 9.17) is 4.74 Å². The Kier molecular flexibility index (Phi) is 8.41. The molecule has 2 aliphatic heterocycles. The van der Waals surface area contributed by atoms with E-state index in [0.717, 1.165) is 16.7 Å². The number of nitrogens with one attached hydrogen (secondary N) is 2. The molecule has 0 spiro atoms. The number of carbonyl (C=O) groups excluding carboxylic acids is 3. The first-order valence-corrected chi connectivity index (χ1v) is 14.8. The molecule has 0 aliphatic carbocycles. The lowest BCUT2D eigenvalue weighted by Gasteiger charge is -2.33. The lowest BCUT2D eigenvalue weighted by atomic mass is 9.95. The van der Waals surface area contributed by atoms with E-state index in [1.807, 2.05) is 122 Å². The molecule has 222 valence electrons. The van der Waals surface area contributed by atoms with Gasteiger partial charge in [0.1, 0.15) is 17.5 Å². The van der Waals surface area contributed by atoms with Crippen LogP contribution < -0.4 is 15.4 Å². The minimum absolute atomic E-state index is 0.155. The smallest absolute Gasteiger partial charge is 0.322 e. The molecule has 0 radical (unpaired) electrons. The van der Waals surface area contributed by atoms with Crippen molar-refractivity contribution in [3.8, 4) is 11.5 Å². The Morgan fingerprint density at radius 1 is 0.864 bits per heavy atom. The summed E-state index contributed by atoms with van der Waals surface area (Å²) in [5.74, 6) is 0.756. The van der Waals surface area contributed by atoms with Gasteiger partial charge in [-0.15, -0.1) is 0 Å². The van der Waals surface area contributed by atoms with Crippen LogP contribution >= 0.6 is 0 Å². The van der Waals surface area contributed by atoms with E-state index in [1.54, 1.807) is 9.80 Å². The summed E-state index contributed by atoms with van der Waals surface area (Å²) in [6.07, 6.45) is 0.340. The van der Waals surface area contributed by atoms with E-state index in [1.165, 1.54) is 0 Å². The minimum Gasteiger partial charge on any atom is -0.457 e. The molecule has 2 N–H and O–H groups in total. The van der Waals surface area contributed by atoms with Crippen molar-refractivity contribution < 1.29 is 19.1 Å². The van der Waals surface area contributed by atoms with Crippen LogP contribution in [0.3, 0.4) is 0 Å². The van der Waals surface area contributed by atoms with Gasteiger partial charge in [0.15, 0.2) is 0 Å². The number of urea groups is 1. The van der Waals surface area contributed by atoms with Crippen molar-refractivity contribution in [2.75, 3.05) is 13.1 Å². The number of amides is 4. The van der Waals surface area contributed by atoms with Crippen LogP contribution in [0.5, 0.6) is 11.5 Å². The van der Waals surface area contributed by atoms with Crippen LogP contribution in [0.4, 0.5) is 4.79 Å². The summed E-state index contributed by atoms with van der Waals surface area (Å²) in [7, 11) is 0. The van der Waals surface area contributed by atoms with E-state index in [0.29, 0.717) is 42.3 Å². The van der Waals surface area contributed by atoms with Gasteiger partial charge in [-0.05, 0) is 47.9 Å². The van der Waals surface area contributed by atoms with Crippen LogP contribution in [-0.2, 0) is 22.6 Å². The number of nitrogens with zero attached hydrogens (tertiary/aromatic N) is 2. The summed E-state index contributed by atoms with van der Waals surface area (Å²) in [6, 6.07) is 34.4. The van der Waals surface area contributed by atoms with Gasteiger partial charge in [0, 0.05) is 19.5 Å². The van der Waals surface area contributed by atoms with Crippen molar-refractivity contribution in [2.24, 2.45) is 0 Å². The fraction of sp³-hybridized carbons (Fsp3) is 0.194. The highest BCUT2D eigenvalue weighted by molar-refractivity contribution is 6.03. The summed E-state index contributed by atoms with van der Waals surface area (Å²) < 4.78 is 6.05. The summed E-state index contributed by atoms with van der Waals surface area (Å²) >= 11 is 0. The Hall–Kier alpha value is -5.37. The number of rotatable bonds is 10. The zero-order chi connectivity index (χ0) is 30.5. The molecule has 0 fully saturated rings. The lowest BCUT2D eigenvalue weighted by molar-refractivity contribution is -0.136. The lowest BCUT2D eigenvalue weighted by Crippen LogP contribution is -2.49. The van der Waals surface area contributed by atoms with Gasteiger partial charge in [-0.3, -0.25) is 14.5 Å². The number of carbonyl (C=O) groups is 3. The van der Waals surface area contributed by atoms with Crippen LogP contribution in [0.2, 0.25) is 0 Å². The fourth-order valence-corrected chi connectivity index (χ4v) is 5.82. The van der Waals surface area contributed by atoms with Gasteiger partial charge in [0.2, 0.25) is 5.91 Å². The molecule has 2 heterocycles. The monoisotopic (exact) mass is 586 g/mol. The van der Waals surface area contributed by atoms with Gasteiger partial charge in [0.05, 0.1) is 23.9 Å². The van der Waals surface area contributed by atoms with Crippen molar-refractivity contribution in [1.82, 2.24) is 20.4 Å². The maximum Gasteiger partial charge on any atom is 0.322 e. The number of likely N-dealkylation sites (N-methyl/N-ethyl adjacent to an activating group) is 1. The standard InChI is InChI=1S/C36H34N4O4/c1-2-39-31-24-40(30(21-25-13-6-3-7-14-25)34(41)37-23-26-15-8-4-9-16-26)35(42)32(31)33(38-36(39)43)27-17-12-20-29(22-27)44-28-18-10-5-11-19-28/h3-20,22,30,33H,2,21,23-24H2,1H3,(H,37,41)(H,38,43)/t30-,33+/m0/s1. The molecular formula is C36H34N4O4. The van der Waals surface area contributed by atoms with E-state index in [2.05, 4.69) is 10.6 Å². The summed E-state index contributed by atoms with van der Waals surface area (Å²) in [5.41, 5.74) is 3.72. The Morgan fingerprint density at radius 3 is 2.18 bits per heavy atom. The van der Waals surface area contributed by atoms with Gasteiger partial charge < -0.3 is 20.3 Å². The zero-order valence-electron chi connectivity index (χ0n) is 24.5. The van der Waals surface area contributed by atoms with Crippen molar-refractivity contribution in [3.63, 3.8) is 0 Å². The number of para-hydroxylation sites is 1. The average Bonchev–Trinajstić information content (AvgIpc) is 3.40. The molecule has 0 bridgehead atoms. The van der Waals surface area contributed by atoms with Crippen molar-refractivity contribution in [2.45, 2.75) is 32.0 Å². The quantitative estimate of drug-likeness (QED) is 0.254. The first-order chi connectivity index (χ1) is 21.5. The summed E-state index contributed by atoms with van der Waals surface area (Å²) in [4.78, 5) is 44.7. The Balaban J connectivity index is 1.31. The third kappa shape index (κ3) is 6.06. The highest BCUT2D eigenvalue weighted by atomic mass is 16.5. The molecule has 2 atom stereocenters. The van der Waals surface area contributed by atoms with E-state index in [-0.39, 0.29) is 24.4 Å². The van der Waals surface area contributed by atoms with Crippen LogP contribution in [0.25, 0.3) is 0 Å². The number of benzene rings is 4. The molecule has 0 saturated heterocycles. The van der Waals surface area contributed by atoms with Crippen molar-refractivity contribution in [1.29, 1.82) is 0 Å². The molecule has 44 heavy (non-hydrogen) atoms. The normalized spacial score (nSPS) is 16.8. The van der Waals surface area contributed by atoms with Gasteiger partial charge in [-0.1, -0.05) is 91.0 Å². The third-order valence-corrected chi connectivity index (χ3v) is 8.00. The topological polar surface area (TPSA) is 91.0 Å². The predicted molar refractivity (Wildman–Crippen MR) is 168 cm³/mol. The van der Waals surface area contributed by atoms with Crippen LogP contribution in [-0.4, -0.2) is 46.8 Å². The van der Waals surface area contributed by atoms with Gasteiger partial charge in [0.25, 0.3) is 5.91 Å². The maximum atomic E-state index is 14.4. The van der Waals surface area contributed by atoms with Crippen molar-refractivity contribution in [3.05, 3.63) is 143 Å². The second kappa shape index (κ2) is 12.9. The minimum atomic E-state index is -0.776. The molecule has 0 saturated carbocycles. The molecule has 8 heteroatoms. The molecule has 4 amide bonds. The first-order valence-electron chi connectivity index (χ1n) is 14.8. The van der Waals surface area contributed by atoms with Crippen LogP contribution in [0, 0.1) is 0 Å². The highest BCUT2D eigenvalue weighted by Crippen LogP contribution is 2.38. The molecule has 4 aromatic rings. The molecule has 0 unspecified atom stereocenters. The van der Waals surface area contributed by atoms with Crippen LogP contribution in [0.15, 0.2) is 127 Å². The van der Waals surface area contributed by atoms with Crippen molar-refractivity contribution >= 4 is 17.8 Å². The maximum absolute atomic E-state index is 14.4. The number of hydrogen-bond acceptors (Lipinski definition) is 4. The Morgan fingerprint density at radius 2 is 1.50 bits per heavy atom. The molecule has 2 aliphatic rings. The second-order valence-corrected chi connectivity index (χ2v) is 10.8. The Labute approximate surface area is 256 Å². The number of ether oxygens (including phenoxy) is 1. The second-order valence-electron chi connectivity index (χ2n) is 10.8. The molecule has 4 aromatic carbocycles. The number of hydrogen-bond donors (Lipinski definition) is 2. The first kappa shape index (κ1) is 28.7. The average molecular weight is 587 g/mol. The highest BCUT2D eigenvalue weighted by Gasteiger charge is 2.46. The zero-order valence-corrected chi connectivity index (χ0v) is 24.5. The fourth-order valence-electron chi connectivity index (χ4n) is 5.82. The summed E-state index contributed by atoms with van der Waals surface area (Å²) in [6.45, 7) is 2.76. The largest absolute Gasteiger partial charge is 0.457 e. The molecule has 6 rings (SSSR count). The van der Waals surface area contributed by atoms with E-state index >= 15 is 0 Å². The molecule has 8 nitrogen and oxygen atoms in total. The predicted octanol–water partition coefficient (Wildman–Crippen LogP) is 5.59. The van der Waals surface area contributed by atoms with Gasteiger partial charge >= 0.3 is 6.03 Å². The van der Waals surface area contributed by atoms with Gasteiger partial charge in [-0.25, -0.2) is 4.79 Å². The van der Waals surface area contributed by atoms with E-state index in [9.17, 15) is 14.4 Å². The van der Waals surface area contributed by atoms with Gasteiger partial charge in [-0.2, -0.15) is 0 Å².